The predicted octanol–water partition coefficient (Wildman–Crippen LogP) is 10.8. The summed E-state index contributed by atoms with van der Waals surface area (Å²) < 4.78 is 6.18. The first-order chi connectivity index (χ1) is 25.7. The second kappa shape index (κ2) is 16.5. The van der Waals surface area contributed by atoms with Crippen LogP contribution >= 0.6 is 0 Å². The fourth-order valence-electron chi connectivity index (χ4n) is 14.2. The summed E-state index contributed by atoms with van der Waals surface area (Å²) in [6.45, 7) is 23.0. The Bertz CT molecular complexity index is 1450. The molecule has 5 aliphatic rings. The van der Waals surface area contributed by atoms with Crippen LogP contribution in [0.3, 0.4) is 0 Å². The largest absolute Gasteiger partial charge is 0.481 e. The lowest BCUT2D eigenvalue weighted by molar-refractivity contribution is -0.249. The number of hydrogen-bond acceptors (Lipinski definition) is 5. The summed E-state index contributed by atoms with van der Waals surface area (Å²) in [5.41, 5.74) is -0.0468. The third-order valence-electron chi connectivity index (χ3n) is 17.5. The summed E-state index contributed by atoms with van der Waals surface area (Å²) in [6.07, 6.45) is 18.9. The molecule has 5 rings (SSSR count). The maximum Gasteiger partial charge on any atom is 0.309 e. The molecule has 55 heavy (non-hydrogen) atoms. The summed E-state index contributed by atoms with van der Waals surface area (Å²) >= 11 is 0. The molecule has 0 aromatic heterocycles. The fourth-order valence-corrected chi connectivity index (χ4v) is 14.2. The molecule has 0 radical (unpaired) electrons. The van der Waals surface area contributed by atoms with Gasteiger partial charge in [-0.1, -0.05) is 85.3 Å². The zero-order valence-electron chi connectivity index (χ0n) is 36.0. The maximum absolute atomic E-state index is 14.5. The Morgan fingerprint density at radius 3 is 2.00 bits per heavy atom. The van der Waals surface area contributed by atoms with Gasteiger partial charge in [0.05, 0.1) is 17.3 Å². The van der Waals surface area contributed by atoms with Crippen LogP contribution in [0.5, 0.6) is 0 Å². The van der Waals surface area contributed by atoms with E-state index in [-0.39, 0.29) is 46.0 Å². The number of carbonyl (C=O) groups excluding carboxylic acids is 2. The number of allylic oxidation sites excluding steroid dienone is 1. The summed E-state index contributed by atoms with van der Waals surface area (Å²) in [7, 11) is 0. The lowest BCUT2D eigenvalue weighted by Gasteiger charge is -2.72. The van der Waals surface area contributed by atoms with Crippen molar-refractivity contribution in [2.24, 2.45) is 62.1 Å². The van der Waals surface area contributed by atoms with E-state index in [1.165, 1.54) is 18.4 Å². The molecule has 8 nitrogen and oxygen atoms in total. The molecule has 0 heterocycles. The van der Waals surface area contributed by atoms with Gasteiger partial charge in [-0.05, 0) is 144 Å². The number of ether oxygens (including phenoxy) is 1. The van der Waals surface area contributed by atoms with Gasteiger partial charge in [-0.25, -0.2) is 0 Å². The van der Waals surface area contributed by atoms with E-state index in [4.69, 9.17) is 9.84 Å². The van der Waals surface area contributed by atoms with Crippen molar-refractivity contribution >= 4 is 23.8 Å². The summed E-state index contributed by atoms with van der Waals surface area (Å²) in [5.74, 6) is 0.363. The Hall–Kier alpha value is -2.38. The zero-order chi connectivity index (χ0) is 40.6. The lowest BCUT2D eigenvalue weighted by atomic mass is 9.32. The molecular formula is C47H77NO7. The molecule has 8 heteroatoms. The van der Waals surface area contributed by atoms with Crippen molar-refractivity contribution in [3.8, 4) is 0 Å². The second-order valence-electron chi connectivity index (χ2n) is 21.3. The Morgan fingerprint density at radius 2 is 1.38 bits per heavy atom. The Labute approximate surface area is 333 Å². The number of fused-ring (bicyclic) bond motifs is 7. The van der Waals surface area contributed by atoms with Gasteiger partial charge in [0.15, 0.2) is 0 Å². The number of carboxylic acids is 2. The van der Waals surface area contributed by atoms with Gasteiger partial charge < -0.3 is 20.3 Å². The molecule has 0 saturated heterocycles. The number of rotatable bonds is 17. The fraction of sp³-hybridized carbons (Fsp3) is 0.872. The molecule has 3 unspecified atom stereocenters. The monoisotopic (exact) mass is 768 g/mol. The van der Waals surface area contributed by atoms with E-state index >= 15 is 0 Å². The van der Waals surface area contributed by atoms with Gasteiger partial charge in [-0.15, -0.1) is 0 Å². The molecule has 5 aliphatic carbocycles. The molecule has 10 atom stereocenters. The van der Waals surface area contributed by atoms with E-state index in [1.807, 2.05) is 0 Å². The van der Waals surface area contributed by atoms with E-state index in [2.05, 4.69) is 53.4 Å². The molecule has 3 N–H and O–H groups in total. The van der Waals surface area contributed by atoms with Gasteiger partial charge in [-0.3, -0.25) is 19.2 Å². The van der Waals surface area contributed by atoms with Crippen molar-refractivity contribution < 1.29 is 34.1 Å². The summed E-state index contributed by atoms with van der Waals surface area (Å²) in [4.78, 5) is 50.0. The quantitative estimate of drug-likeness (QED) is 0.0763. The Morgan fingerprint density at radius 1 is 0.745 bits per heavy atom. The highest BCUT2D eigenvalue weighted by molar-refractivity contribution is 5.84. The summed E-state index contributed by atoms with van der Waals surface area (Å²) in [5, 5.41) is 21.9. The van der Waals surface area contributed by atoms with Gasteiger partial charge in [0.2, 0.25) is 5.91 Å². The van der Waals surface area contributed by atoms with Crippen molar-refractivity contribution in [2.45, 2.75) is 190 Å². The van der Waals surface area contributed by atoms with Crippen molar-refractivity contribution in [1.82, 2.24) is 5.32 Å². The number of amides is 1. The third kappa shape index (κ3) is 8.05. The van der Waals surface area contributed by atoms with E-state index in [1.54, 1.807) is 13.8 Å². The number of esters is 1. The highest BCUT2D eigenvalue weighted by Gasteiger charge is 2.72. The van der Waals surface area contributed by atoms with Gasteiger partial charge >= 0.3 is 17.9 Å². The SMILES string of the molecule is C=C(C)[C@@H]1CCC2(C(=O)NCCCCCCCCCCC(=O)O)CC[C@]3(C)[C@H](CCC4[C@@]5(C)CCC(OC(=O)CC(C)(C)C(=O)O)C(C)(C)[C@@H]5CC[C@]43C)[C@@H]12. The van der Waals surface area contributed by atoms with E-state index in [0.29, 0.717) is 35.5 Å². The van der Waals surface area contributed by atoms with Crippen LogP contribution in [0.2, 0.25) is 0 Å². The van der Waals surface area contributed by atoms with Crippen molar-refractivity contribution in [3.05, 3.63) is 12.2 Å². The summed E-state index contributed by atoms with van der Waals surface area (Å²) in [6, 6.07) is 0. The lowest BCUT2D eigenvalue weighted by Crippen LogP contribution is -2.67. The van der Waals surface area contributed by atoms with Gasteiger partial charge in [-0.2, -0.15) is 0 Å². The van der Waals surface area contributed by atoms with Crippen LogP contribution in [0.1, 0.15) is 184 Å². The molecule has 5 saturated carbocycles. The molecular weight excluding hydrogens is 691 g/mol. The topological polar surface area (TPSA) is 130 Å². The molecule has 5 fully saturated rings. The maximum atomic E-state index is 14.5. The van der Waals surface area contributed by atoms with Crippen LogP contribution < -0.4 is 5.32 Å². The number of carboxylic acid groups (broad SMARTS) is 2. The average molecular weight is 768 g/mol. The van der Waals surface area contributed by atoms with E-state index < -0.39 is 23.3 Å². The Balaban J connectivity index is 1.25. The molecule has 0 aromatic rings. The number of hydrogen-bond donors (Lipinski definition) is 3. The van der Waals surface area contributed by atoms with Crippen molar-refractivity contribution in [3.63, 3.8) is 0 Å². The molecule has 0 spiro atoms. The molecule has 0 aliphatic heterocycles. The molecule has 312 valence electrons. The minimum Gasteiger partial charge on any atom is -0.481 e. The Kier molecular flexibility index (Phi) is 13.1. The second-order valence-corrected chi connectivity index (χ2v) is 21.3. The minimum atomic E-state index is -1.15. The van der Waals surface area contributed by atoms with Crippen LogP contribution in [-0.4, -0.2) is 46.7 Å². The molecule has 1 amide bonds. The van der Waals surface area contributed by atoms with Crippen molar-refractivity contribution in [1.29, 1.82) is 0 Å². The van der Waals surface area contributed by atoms with Crippen LogP contribution in [0, 0.1) is 62.1 Å². The van der Waals surface area contributed by atoms with Crippen LogP contribution in [0.15, 0.2) is 12.2 Å². The molecule has 0 aromatic carbocycles. The van der Waals surface area contributed by atoms with Crippen LogP contribution in [-0.2, 0) is 23.9 Å². The smallest absolute Gasteiger partial charge is 0.309 e. The normalized spacial score (nSPS) is 37.7. The first kappa shape index (κ1) is 43.7. The predicted molar refractivity (Wildman–Crippen MR) is 217 cm³/mol. The number of aliphatic carboxylic acids is 2. The third-order valence-corrected chi connectivity index (χ3v) is 17.5. The number of unbranched alkanes of at least 4 members (excludes halogenated alkanes) is 7. The average Bonchev–Trinajstić information content (AvgIpc) is 3.50. The number of nitrogens with one attached hydrogen (secondary N) is 1. The first-order valence-electron chi connectivity index (χ1n) is 22.3. The van der Waals surface area contributed by atoms with E-state index in [9.17, 15) is 24.3 Å². The van der Waals surface area contributed by atoms with Crippen LogP contribution in [0.4, 0.5) is 0 Å². The van der Waals surface area contributed by atoms with Gasteiger partial charge in [0.25, 0.3) is 0 Å². The first-order valence-corrected chi connectivity index (χ1v) is 22.3. The number of carbonyl (C=O) groups is 4. The van der Waals surface area contributed by atoms with Crippen molar-refractivity contribution in [2.75, 3.05) is 6.54 Å². The van der Waals surface area contributed by atoms with Gasteiger partial charge in [0.1, 0.15) is 6.10 Å². The molecule has 0 bridgehead atoms. The van der Waals surface area contributed by atoms with Gasteiger partial charge in [0, 0.05) is 18.4 Å². The van der Waals surface area contributed by atoms with E-state index in [0.717, 1.165) is 109 Å². The van der Waals surface area contributed by atoms with Crippen LogP contribution in [0.25, 0.3) is 0 Å². The standard InChI is InChI=1S/C47H77NO7/c1-31(2)32-21-26-47(40(52)48-29-17-15-13-11-10-12-14-16-18-37(49)50)28-27-45(8)33(39(32)47)19-20-35-44(7)24-23-36(55-38(51)30-42(3,4)41(53)54)43(5,6)34(44)22-25-46(35,45)9/h32-36,39H,1,10-30H2,2-9H3,(H,48,52)(H,49,50)(H,53,54)/t32-,33+,34-,35?,36?,39+,44-,45+,46+,47?/m0/s1. The highest BCUT2D eigenvalue weighted by atomic mass is 16.5. The highest BCUT2D eigenvalue weighted by Crippen LogP contribution is 2.77. The minimum absolute atomic E-state index is 0.114. The zero-order valence-corrected chi connectivity index (χ0v) is 36.0.